The third-order valence-electron chi connectivity index (χ3n) is 0. The predicted octanol–water partition coefficient (Wildman–Crippen LogP) is -0.140. The Morgan fingerprint density at radius 2 is 1.20 bits per heavy atom. The highest BCUT2D eigenvalue weighted by Crippen LogP contribution is 1.84. The molecular weight excluding hydrogens is 64.0 g/mol. The molecule has 0 aliphatic rings. The lowest BCUT2D eigenvalue weighted by atomic mass is 10.3. The molecule has 0 spiro atoms. The summed E-state index contributed by atoms with van der Waals surface area (Å²) in [7, 11) is 0. The van der Waals surface area contributed by atoms with Gasteiger partial charge in [-0.25, -0.2) is 0 Å². The maximum atomic E-state index is 8.08. The third kappa shape index (κ3) is 2260. The Balaban J connectivity index is 3.02. The standard InChI is InChI=1S/C3H6N2/c1-3(2,4)5/h1-2H3. The highest BCUT2D eigenvalue weighted by molar-refractivity contribution is 4.54. The SMILES string of the molecule is CC(C)([N])[N]. The van der Waals surface area contributed by atoms with Crippen molar-refractivity contribution in [2.24, 2.45) is 0 Å². The molecule has 0 atom stereocenters. The Bertz CT molecular complexity index is 20.4. The van der Waals surface area contributed by atoms with Gasteiger partial charge in [0.25, 0.3) is 0 Å². The Morgan fingerprint density at radius 3 is 1.20 bits per heavy atom. The van der Waals surface area contributed by atoms with E-state index in [0.717, 1.165) is 0 Å². The molecule has 2 nitrogen and oxygen atoms in total. The van der Waals surface area contributed by atoms with Gasteiger partial charge in [0.05, 0.1) is 0 Å². The summed E-state index contributed by atoms with van der Waals surface area (Å²) in [6.07, 6.45) is 0. The molecule has 0 heterocycles. The first-order valence-corrected chi connectivity index (χ1v) is 1.45. The van der Waals surface area contributed by atoms with Gasteiger partial charge in [-0.1, -0.05) is 0 Å². The molecule has 0 rings (SSSR count). The minimum Gasteiger partial charge on any atom is -0.118 e. The van der Waals surface area contributed by atoms with Gasteiger partial charge in [-0.3, -0.25) is 0 Å². The molecule has 0 aromatic carbocycles. The lowest BCUT2D eigenvalue weighted by molar-refractivity contribution is 0.505. The van der Waals surface area contributed by atoms with Gasteiger partial charge in [0.15, 0.2) is 0 Å². The fraction of sp³-hybridized carbons (Fsp3) is 1.00. The summed E-state index contributed by atoms with van der Waals surface area (Å²) < 4.78 is 0. The van der Waals surface area contributed by atoms with Crippen molar-refractivity contribution in [3.05, 3.63) is 0 Å². The van der Waals surface area contributed by atoms with Crippen LogP contribution in [0.2, 0.25) is 0 Å². The molecule has 0 unspecified atom stereocenters. The summed E-state index contributed by atoms with van der Waals surface area (Å²) in [6, 6.07) is 0. The first-order chi connectivity index (χ1) is 2.00. The van der Waals surface area contributed by atoms with Gasteiger partial charge < -0.3 is 0 Å². The Hall–Kier alpha value is -0.0800. The van der Waals surface area contributed by atoms with E-state index in [0.29, 0.717) is 0 Å². The molecule has 0 amide bonds. The van der Waals surface area contributed by atoms with Crippen molar-refractivity contribution in [3.63, 3.8) is 0 Å². The molecule has 0 aliphatic carbocycles. The second-order valence-electron chi connectivity index (χ2n) is 1.49. The van der Waals surface area contributed by atoms with Crippen molar-refractivity contribution in [1.29, 1.82) is 0 Å². The molecule has 0 aromatic heterocycles. The van der Waals surface area contributed by atoms with Crippen LogP contribution in [0.1, 0.15) is 13.8 Å². The molecule has 0 fully saturated rings. The minimum absolute atomic E-state index is 1.30. The second-order valence-corrected chi connectivity index (χ2v) is 1.49. The van der Waals surface area contributed by atoms with E-state index in [2.05, 4.69) is 0 Å². The second kappa shape index (κ2) is 0.954. The van der Waals surface area contributed by atoms with Crippen LogP contribution >= 0.6 is 0 Å². The summed E-state index contributed by atoms with van der Waals surface area (Å²) >= 11 is 0. The van der Waals surface area contributed by atoms with E-state index in [1.807, 2.05) is 0 Å². The van der Waals surface area contributed by atoms with E-state index in [1.54, 1.807) is 0 Å². The minimum atomic E-state index is -1.50. The van der Waals surface area contributed by atoms with Crippen molar-refractivity contribution in [3.8, 4) is 0 Å². The number of nitrogens with zero attached hydrogens (tertiary/aromatic N) is 2. The van der Waals surface area contributed by atoms with Gasteiger partial charge in [-0.05, 0) is 13.8 Å². The molecule has 4 radical (unpaired) electrons. The maximum Gasteiger partial charge on any atom is 0.132 e. The van der Waals surface area contributed by atoms with Crippen LogP contribution in [-0.2, 0) is 0 Å². The van der Waals surface area contributed by atoms with Crippen LogP contribution in [0.15, 0.2) is 0 Å². The maximum absolute atomic E-state index is 8.08. The summed E-state index contributed by atoms with van der Waals surface area (Å²) in [5.41, 5.74) is 14.7. The first kappa shape index (κ1) is 4.92. The first-order valence-electron chi connectivity index (χ1n) is 1.45. The van der Waals surface area contributed by atoms with E-state index >= 15 is 0 Å². The molecule has 0 bridgehead atoms. The van der Waals surface area contributed by atoms with Crippen LogP contribution in [0.4, 0.5) is 0 Å². The fourth-order valence-corrected chi connectivity index (χ4v) is 0. The van der Waals surface area contributed by atoms with Crippen molar-refractivity contribution >= 4 is 0 Å². The van der Waals surface area contributed by atoms with Crippen LogP contribution in [0.3, 0.4) is 0 Å². The quantitative estimate of drug-likeness (QED) is 0.381. The van der Waals surface area contributed by atoms with E-state index < -0.39 is 5.66 Å². The average Bonchev–Trinajstić information content (AvgIpc) is 0.722. The van der Waals surface area contributed by atoms with Gasteiger partial charge in [-0.15, -0.1) is 11.5 Å². The molecule has 0 N–H and O–H groups in total. The van der Waals surface area contributed by atoms with Crippen LogP contribution in [-0.4, -0.2) is 5.66 Å². The van der Waals surface area contributed by atoms with Crippen molar-refractivity contribution in [2.45, 2.75) is 19.5 Å². The summed E-state index contributed by atoms with van der Waals surface area (Å²) in [5.74, 6) is 0. The van der Waals surface area contributed by atoms with Crippen LogP contribution < -0.4 is 11.5 Å². The smallest absolute Gasteiger partial charge is 0.118 e. The van der Waals surface area contributed by atoms with Crippen LogP contribution in [0, 0.1) is 0 Å². The van der Waals surface area contributed by atoms with Crippen LogP contribution in [0.25, 0.3) is 0 Å². The van der Waals surface area contributed by atoms with E-state index in [1.165, 1.54) is 13.8 Å². The molecular formula is C3H6N2. The molecule has 2 heteroatoms. The Labute approximate surface area is 32.1 Å². The molecule has 0 saturated heterocycles. The largest absolute Gasteiger partial charge is 0.132 e. The Morgan fingerprint density at radius 1 is 1.20 bits per heavy atom. The summed E-state index contributed by atoms with van der Waals surface area (Å²) in [6.45, 7) is 2.60. The van der Waals surface area contributed by atoms with Crippen molar-refractivity contribution in [1.82, 2.24) is 11.5 Å². The zero-order valence-electron chi connectivity index (χ0n) is 3.39. The normalized spacial score (nSPS) is 12.0. The number of hydrogen-bond donors (Lipinski definition) is 0. The summed E-state index contributed by atoms with van der Waals surface area (Å²) in [5, 5.41) is 0. The number of hydrogen-bond acceptors (Lipinski definition) is 0. The monoisotopic (exact) mass is 70.1 g/mol. The fourth-order valence-electron chi connectivity index (χ4n) is 0. The van der Waals surface area contributed by atoms with Gasteiger partial charge in [0, 0.05) is 0 Å². The van der Waals surface area contributed by atoms with Crippen molar-refractivity contribution in [2.75, 3.05) is 0 Å². The molecule has 0 aromatic rings. The summed E-state index contributed by atoms with van der Waals surface area (Å²) in [4.78, 5) is 0. The molecule has 0 aliphatic heterocycles. The van der Waals surface area contributed by atoms with E-state index in [9.17, 15) is 0 Å². The predicted molar refractivity (Wildman–Crippen MR) is 18.3 cm³/mol. The topological polar surface area (TPSA) is 44.6 Å². The zero-order valence-corrected chi connectivity index (χ0v) is 3.39. The third-order valence-corrected chi connectivity index (χ3v) is 0. The Kier molecular flexibility index (Phi) is 0.938. The highest BCUT2D eigenvalue weighted by Gasteiger charge is 2.03. The van der Waals surface area contributed by atoms with Gasteiger partial charge in [-0.2, -0.15) is 0 Å². The van der Waals surface area contributed by atoms with Gasteiger partial charge in [0.1, 0.15) is 5.66 Å². The molecule has 5 heavy (non-hydrogen) atoms. The average molecular weight is 70.1 g/mol. The molecule has 0 saturated carbocycles. The van der Waals surface area contributed by atoms with Crippen LogP contribution in [0.5, 0.6) is 0 Å². The van der Waals surface area contributed by atoms with E-state index in [4.69, 9.17) is 11.5 Å². The lowest BCUT2D eigenvalue weighted by Gasteiger charge is -1.97. The van der Waals surface area contributed by atoms with Gasteiger partial charge >= 0.3 is 0 Å². The molecule has 28 valence electrons. The zero-order chi connectivity index (χ0) is 4.50. The van der Waals surface area contributed by atoms with Gasteiger partial charge in [0.2, 0.25) is 0 Å². The lowest BCUT2D eigenvalue weighted by Crippen LogP contribution is -2.21. The van der Waals surface area contributed by atoms with Crippen molar-refractivity contribution < 1.29 is 0 Å². The highest BCUT2D eigenvalue weighted by atomic mass is 14.9. The van der Waals surface area contributed by atoms with E-state index in [-0.39, 0.29) is 0 Å². The number of rotatable bonds is 0.